The third-order valence-corrected chi connectivity index (χ3v) is 9.90. The van der Waals surface area contributed by atoms with Crippen molar-refractivity contribution >= 4 is 60.7 Å². The second kappa shape index (κ2) is 11.9. The van der Waals surface area contributed by atoms with E-state index in [2.05, 4.69) is 159 Å². The van der Waals surface area contributed by atoms with Gasteiger partial charge in [-0.05, 0) is 52.3 Å². The lowest BCUT2D eigenvalue weighted by Gasteiger charge is -2.20. The van der Waals surface area contributed by atoms with Gasteiger partial charge in [-0.2, -0.15) is 0 Å². The van der Waals surface area contributed by atoms with E-state index in [9.17, 15) is 0 Å². The fourth-order valence-electron chi connectivity index (χ4n) is 7.30. The summed E-state index contributed by atoms with van der Waals surface area (Å²) in [6.07, 6.45) is 3.08. The lowest BCUT2D eigenvalue weighted by Crippen LogP contribution is -2.17. The average Bonchev–Trinajstić information content (AvgIpc) is 3.53. The highest BCUT2D eigenvalue weighted by atomic mass is 16.3. The molecule has 1 aliphatic rings. The number of hydrogen-bond donors (Lipinski definition) is 0. The van der Waals surface area contributed by atoms with E-state index in [1.165, 1.54) is 21.7 Å². The Morgan fingerprint density at radius 2 is 1.16 bits per heavy atom. The molecule has 49 heavy (non-hydrogen) atoms. The van der Waals surface area contributed by atoms with E-state index in [-0.39, 0.29) is 5.92 Å². The summed E-state index contributed by atoms with van der Waals surface area (Å²) >= 11 is 0. The second-order valence-electron chi connectivity index (χ2n) is 13.0. The van der Waals surface area contributed by atoms with Crippen molar-refractivity contribution in [2.45, 2.75) is 20.3 Å². The molecule has 1 atom stereocenters. The first-order valence-electron chi connectivity index (χ1n) is 17.0. The summed E-state index contributed by atoms with van der Waals surface area (Å²) in [5.74, 6) is 0.840. The number of hydrogen-bond acceptors (Lipinski definition) is 3. The van der Waals surface area contributed by atoms with Crippen LogP contribution in [-0.2, 0) is 0 Å². The molecule has 0 fully saturated rings. The number of fused-ring (bicyclic) bond motifs is 6. The lowest BCUT2D eigenvalue weighted by atomic mass is 9.90. The molecule has 2 heterocycles. The normalized spacial score (nSPS) is 18.4. The van der Waals surface area contributed by atoms with Gasteiger partial charge in [0.25, 0.3) is 0 Å². The molecule has 7 aromatic carbocycles. The monoisotopic (exact) mass is 630 g/mol. The SMILES string of the molecule is Cc1ccc2c(oc3c4ccccc4ccc23)c1C1=C\CC(C)/C(c2cccc3ccccc23)=N/C(c2ccc(-c3ccccc3)cc2)=N\1. The minimum Gasteiger partial charge on any atom is -0.455 e. The minimum atomic E-state index is 0.147. The number of aryl methyl sites for hydroxylation is 1. The number of nitrogens with zero attached hydrogens (tertiary/aromatic N) is 2. The van der Waals surface area contributed by atoms with Crippen LogP contribution in [0.3, 0.4) is 0 Å². The van der Waals surface area contributed by atoms with E-state index in [1.54, 1.807) is 0 Å². The minimum absolute atomic E-state index is 0.147. The molecule has 234 valence electrons. The summed E-state index contributed by atoms with van der Waals surface area (Å²) < 4.78 is 6.83. The molecule has 0 bridgehead atoms. The van der Waals surface area contributed by atoms with Gasteiger partial charge in [0.15, 0.2) is 5.84 Å². The molecule has 0 spiro atoms. The lowest BCUT2D eigenvalue weighted by molar-refractivity contribution is 0.670. The van der Waals surface area contributed by atoms with Gasteiger partial charge >= 0.3 is 0 Å². The van der Waals surface area contributed by atoms with Gasteiger partial charge in [0.05, 0.1) is 11.4 Å². The summed E-state index contributed by atoms with van der Waals surface area (Å²) in [6, 6.07) is 51.3. The molecular weight excluding hydrogens is 597 g/mol. The molecule has 0 radical (unpaired) electrons. The quantitative estimate of drug-likeness (QED) is 0.191. The Morgan fingerprint density at radius 1 is 0.531 bits per heavy atom. The molecule has 0 N–H and O–H groups in total. The molecular formula is C46H34N2O. The summed E-state index contributed by atoms with van der Waals surface area (Å²) in [5, 5.41) is 6.91. The van der Waals surface area contributed by atoms with E-state index < -0.39 is 0 Å². The van der Waals surface area contributed by atoms with E-state index in [4.69, 9.17) is 14.4 Å². The number of allylic oxidation sites excluding steroid dienone is 1. The highest BCUT2D eigenvalue weighted by Crippen LogP contribution is 2.40. The smallest absolute Gasteiger partial charge is 0.160 e. The average molecular weight is 631 g/mol. The number of amidine groups is 1. The van der Waals surface area contributed by atoms with Crippen molar-refractivity contribution in [2.75, 3.05) is 0 Å². The van der Waals surface area contributed by atoms with Gasteiger partial charge < -0.3 is 4.42 Å². The van der Waals surface area contributed by atoms with Gasteiger partial charge in [0.1, 0.15) is 11.2 Å². The van der Waals surface area contributed by atoms with Crippen molar-refractivity contribution < 1.29 is 4.42 Å². The Bertz CT molecular complexity index is 2630. The highest BCUT2D eigenvalue weighted by Gasteiger charge is 2.23. The molecule has 1 aliphatic heterocycles. The van der Waals surface area contributed by atoms with E-state index in [1.807, 2.05) is 6.07 Å². The Labute approximate surface area is 285 Å². The van der Waals surface area contributed by atoms with Gasteiger partial charge in [0.2, 0.25) is 0 Å². The fourth-order valence-corrected chi connectivity index (χ4v) is 7.30. The van der Waals surface area contributed by atoms with Crippen LogP contribution in [0, 0.1) is 12.8 Å². The zero-order valence-corrected chi connectivity index (χ0v) is 27.5. The first-order valence-corrected chi connectivity index (χ1v) is 17.0. The summed E-state index contributed by atoms with van der Waals surface area (Å²) in [5.41, 5.74) is 10.3. The summed E-state index contributed by atoms with van der Waals surface area (Å²) in [4.78, 5) is 10.9. The number of aliphatic imine (C=N–C) groups is 2. The molecule has 0 aliphatic carbocycles. The van der Waals surface area contributed by atoms with Crippen LogP contribution in [0.25, 0.3) is 60.3 Å². The van der Waals surface area contributed by atoms with Crippen molar-refractivity contribution in [3.8, 4) is 11.1 Å². The molecule has 3 nitrogen and oxygen atoms in total. The highest BCUT2D eigenvalue weighted by molar-refractivity contribution is 6.20. The number of rotatable bonds is 4. The maximum Gasteiger partial charge on any atom is 0.160 e. The standard InChI is InChI=1S/C46H34N2O/c1-29-19-26-40-39-27-25-34-14-7-9-17-37(34)44(39)49-45(40)42(29)41-28-20-30(2)43(38-18-10-15-33-13-6-8-16-36(33)38)48-46(47-41)35-23-21-32(22-24-35)31-11-4-3-5-12-31/h3-19,21-28,30H,20H2,1-2H3/b41-28+,47-46-,48-43-. The summed E-state index contributed by atoms with van der Waals surface area (Å²) in [6.45, 7) is 4.43. The third-order valence-electron chi connectivity index (χ3n) is 9.90. The predicted octanol–water partition coefficient (Wildman–Crippen LogP) is 12.2. The van der Waals surface area contributed by atoms with Crippen molar-refractivity contribution in [1.29, 1.82) is 0 Å². The van der Waals surface area contributed by atoms with Crippen LogP contribution in [0.5, 0.6) is 0 Å². The molecule has 0 amide bonds. The maximum atomic E-state index is 6.83. The van der Waals surface area contributed by atoms with Crippen LogP contribution in [0.1, 0.15) is 35.6 Å². The third kappa shape index (κ3) is 5.06. The van der Waals surface area contributed by atoms with Crippen LogP contribution >= 0.6 is 0 Å². The number of furan rings is 1. The maximum absolute atomic E-state index is 6.83. The van der Waals surface area contributed by atoms with Crippen LogP contribution < -0.4 is 0 Å². The Morgan fingerprint density at radius 3 is 1.98 bits per heavy atom. The zero-order valence-electron chi connectivity index (χ0n) is 27.5. The largest absolute Gasteiger partial charge is 0.455 e. The van der Waals surface area contributed by atoms with E-state index >= 15 is 0 Å². The molecule has 3 heteroatoms. The van der Waals surface area contributed by atoms with Gasteiger partial charge in [-0.15, -0.1) is 0 Å². The second-order valence-corrected chi connectivity index (χ2v) is 13.0. The van der Waals surface area contributed by atoms with Gasteiger partial charge in [-0.25, -0.2) is 9.98 Å². The van der Waals surface area contributed by atoms with Crippen LogP contribution in [0.2, 0.25) is 0 Å². The van der Waals surface area contributed by atoms with Crippen molar-refractivity contribution in [2.24, 2.45) is 15.9 Å². The zero-order chi connectivity index (χ0) is 32.9. The van der Waals surface area contributed by atoms with Crippen molar-refractivity contribution in [1.82, 2.24) is 0 Å². The van der Waals surface area contributed by atoms with Gasteiger partial charge in [-0.3, -0.25) is 0 Å². The van der Waals surface area contributed by atoms with Crippen molar-refractivity contribution in [3.05, 3.63) is 174 Å². The van der Waals surface area contributed by atoms with E-state index in [0.29, 0.717) is 5.84 Å². The van der Waals surface area contributed by atoms with Gasteiger partial charge in [-0.1, -0.05) is 153 Å². The van der Waals surface area contributed by atoms with Crippen molar-refractivity contribution in [3.63, 3.8) is 0 Å². The van der Waals surface area contributed by atoms with Crippen LogP contribution in [0.15, 0.2) is 166 Å². The van der Waals surface area contributed by atoms with Crippen LogP contribution in [0.4, 0.5) is 0 Å². The first-order chi connectivity index (χ1) is 24.1. The Balaban J connectivity index is 1.26. The van der Waals surface area contributed by atoms with Gasteiger partial charge in [0, 0.05) is 38.8 Å². The predicted molar refractivity (Wildman–Crippen MR) is 207 cm³/mol. The molecule has 0 saturated carbocycles. The molecule has 0 saturated heterocycles. The molecule has 1 aromatic heterocycles. The molecule has 9 rings (SSSR count). The van der Waals surface area contributed by atoms with E-state index in [0.717, 1.165) is 73.0 Å². The molecule has 1 unspecified atom stereocenters. The fraction of sp³-hybridized carbons (Fsp3) is 0.0870. The first kappa shape index (κ1) is 29.1. The molecule has 8 aromatic rings. The topological polar surface area (TPSA) is 37.9 Å². The Kier molecular flexibility index (Phi) is 7.05. The summed E-state index contributed by atoms with van der Waals surface area (Å²) in [7, 11) is 0. The Hall–Kier alpha value is -6.06. The van der Waals surface area contributed by atoms with Crippen LogP contribution in [-0.4, -0.2) is 11.5 Å². The number of benzene rings is 7.